The Labute approximate surface area is 125 Å². The van der Waals surface area contributed by atoms with Crippen LogP contribution in [-0.2, 0) is 11.2 Å². The van der Waals surface area contributed by atoms with Crippen LogP contribution < -0.4 is 15.4 Å². The second-order valence-corrected chi connectivity index (χ2v) is 5.88. The Kier molecular flexibility index (Phi) is 4.41. The molecular weight excluding hydrogens is 266 g/mol. The summed E-state index contributed by atoms with van der Waals surface area (Å²) in [5, 5.41) is 6.33. The molecule has 1 amide bonds. The average molecular weight is 289 g/mol. The van der Waals surface area contributed by atoms with E-state index in [0.717, 1.165) is 31.8 Å². The van der Waals surface area contributed by atoms with Gasteiger partial charge < -0.3 is 15.4 Å². The van der Waals surface area contributed by atoms with Crippen LogP contribution in [0.2, 0.25) is 0 Å². The van der Waals surface area contributed by atoms with Crippen LogP contribution in [0, 0.1) is 0 Å². The number of benzene rings is 1. The normalized spacial score (nSPS) is 25.2. The van der Waals surface area contributed by atoms with Gasteiger partial charge in [-0.3, -0.25) is 9.69 Å². The molecule has 5 heteroatoms. The van der Waals surface area contributed by atoms with Gasteiger partial charge in [0, 0.05) is 32.1 Å². The zero-order chi connectivity index (χ0) is 14.7. The Morgan fingerprint density at radius 3 is 3.14 bits per heavy atom. The summed E-state index contributed by atoms with van der Waals surface area (Å²) in [5.41, 5.74) is 1.23. The first-order valence-electron chi connectivity index (χ1n) is 7.68. The predicted octanol–water partition coefficient (Wildman–Crippen LogP) is 0.400. The molecule has 2 atom stereocenters. The van der Waals surface area contributed by atoms with Crippen LogP contribution >= 0.6 is 0 Å². The van der Waals surface area contributed by atoms with Gasteiger partial charge in [0.25, 0.3) is 0 Å². The fourth-order valence-electron chi connectivity index (χ4n) is 2.95. The number of hydrogen-bond donors (Lipinski definition) is 2. The molecule has 0 spiro atoms. The SMILES string of the molecule is C[C@H]1CNCCN1CC(=O)NCC1Cc2ccccc2O1. The zero-order valence-corrected chi connectivity index (χ0v) is 12.5. The van der Waals surface area contributed by atoms with Gasteiger partial charge in [-0.2, -0.15) is 0 Å². The average Bonchev–Trinajstić information content (AvgIpc) is 2.90. The third-order valence-electron chi connectivity index (χ3n) is 4.23. The van der Waals surface area contributed by atoms with Crippen molar-refractivity contribution in [3.63, 3.8) is 0 Å². The highest BCUT2D eigenvalue weighted by atomic mass is 16.5. The molecule has 1 unspecified atom stereocenters. The molecule has 0 radical (unpaired) electrons. The van der Waals surface area contributed by atoms with E-state index < -0.39 is 0 Å². The lowest BCUT2D eigenvalue weighted by Gasteiger charge is -2.33. The predicted molar refractivity (Wildman–Crippen MR) is 81.5 cm³/mol. The van der Waals surface area contributed by atoms with Crippen molar-refractivity contribution < 1.29 is 9.53 Å². The quantitative estimate of drug-likeness (QED) is 0.842. The van der Waals surface area contributed by atoms with Crippen molar-refractivity contribution in [3.05, 3.63) is 29.8 Å². The Hall–Kier alpha value is -1.59. The van der Waals surface area contributed by atoms with E-state index in [9.17, 15) is 4.79 Å². The van der Waals surface area contributed by atoms with Gasteiger partial charge in [0.1, 0.15) is 11.9 Å². The molecule has 1 aromatic carbocycles. The maximum absolute atomic E-state index is 12.1. The molecule has 2 aliphatic heterocycles. The molecule has 5 nitrogen and oxygen atoms in total. The van der Waals surface area contributed by atoms with Crippen LogP contribution in [0.1, 0.15) is 12.5 Å². The van der Waals surface area contributed by atoms with E-state index in [1.807, 2.05) is 18.2 Å². The summed E-state index contributed by atoms with van der Waals surface area (Å²) >= 11 is 0. The van der Waals surface area contributed by atoms with E-state index in [1.54, 1.807) is 0 Å². The van der Waals surface area contributed by atoms with Gasteiger partial charge in [0.15, 0.2) is 0 Å². The molecule has 114 valence electrons. The number of nitrogens with one attached hydrogen (secondary N) is 2. The lowest BCUT2D eigenvalue weighted by atomic mass is 10.1. The van der Waals surface area contributed by atoms with E-state index >= 15 is 0 Å². The first-order valence-corrected chi connectivity index (χ1v) is 7.68. The number of hydrogen-bond acceptors (Lipinski definition) is 4. The molecule has 1 aromatic rings. The Bertz CT molecular complexity index is 481. The molecule has 0 aliphatic carbocycles. The standard InChI is InChI=1S/C16H23N3O2/c1-12-9-17-6-7-19(12)11-16(20)18-10-14-8-13-4-2-3-5-15(13)21-14/h2-5,12,14,17H,6-11H2,1H3,(H,18,20)/t12-,14?/m0/s1. The Balaban J connectivity index is 1.43. The van der Waals surface area contributed by atoms with Crippen LogP contribution in [0.25, 0.3) is 0 Å². The van der Waals surface area contributed by atoms with Crippen molar-refractivity contribution in [3.8, 4) is 5.75 Å². The molecule has 2 N–H and O–H groups in total. The van der Waals surface area contributed by atoms with Crippen LogP contribution in [0.5, 0.6) is 5.75 Å². The van der Waals surface area contributed by atoms with Crippen molar-refractivity contribution in [2.45, 2.75) is 25.5 Å². The van der Waals surface area contributed by atoms with Crippen LogP contribution in [0.3, 0.4) is 0 Å². The summed E-state index contributed by atoms with van der Waals surface area (Å²) in [6.07, 6.45) is 0.937. The topological polar surface area (TPSA) is 53.6 Å². The molecule has 2 aliphatic rings. The first-order chi connectivity index (χ1) is 10.2. The summed E-state index contributed by atoms with van der Waals surface area (Å²) in [6.45, 7) is 6.04. The summed E-state index contributed by atoms with van der Waals surface area (Å²) in [4.78, 5) is 14.3. The Morgan fingerprint density at radius 2 is 2.33 bits per heavy atom. The smallest absolute Gasteiger partial charge is 0.234 e. The number of piperazine rings is 1. The number of fused-ring (bicyclic) bond motifs is 1. The van der Waals surface area contributed by atoms with Crippen molar-refractivity contribution in [1.82, 2.24) is 15.5 Å². The number of carbonyl (C=O) groups is 1. The van der Waals surface area contributed by atoms with E-state index in [1.165, 1.54) is 5.56 Å². The van der Waals surface area contributed by atoms with Gasteiger partial charge in [-0.1, -0.05) is 18.2 Å². The van der Waals surface area contributed by atoms with Gasteiger partial charge in [-0.05, 0) is 18.6 Å². The maximum Gasteiger partial charge on any atom is 0.234 e. The summed E-state index contributed by atoms with van der Waals surface area (Å²) < 4.78 is 5.83. The van der Waals surface area contributed by atoms with Gasteiger partial charge in [-0.15, -0.1) is 0 Å². The van der Waals surface area contributed by atoms with E-state index in [-0.39, 0.29) is 12.0 Å². The van der Waals surface area contributed by atoms with Gasteiger partial charge >= 0.3 is 0 Å². The molecule has 3 rings (SSSR count). The van der Waals surface area contributed by atoms with E-state index in [0.29, 0.717) is 19.1 Å². The molecule has 1 saturated heterocycles. The highest BCUT2D eigenvalue weighted by molar-refractivity contribution is 5.78. The Morgan fingerprint density at radius 1 is 1.48 bits per heavy atom. The second kappa shape index (κ2) is 6.45. The first kappa shape index (κ1) is 14.4. The van der Waals surface area contributed by atoms with Gasteiger partial charge in [-0.25, -0.2) is 0 Å². The highest BCUT2D eigenvalue weighted by Crippen LogP contribution is 2.27. The minimum atomic E-state index is 0.0618. The molecular formula is C16H23N3O2. The van der Waals surface area contributed by atoms with Crippen LogP contribution in [0.4, 0.5) is 0 Å². The van der Waals surface area contributed by atoms with Crippen molar-refractivity contribution in [1.29, 1.82) is 0 Å². The third kappa shape index (κ3) is 3.54. The summed E-state index contributed by atoms with van der Waals surface area (Å²) in [6, 6.07) is 8.48. The van der Waals surface area contributed by atoms with Gasteiger partial charge in [0.05, 0.1) is 13.1 Å². The number of carbonyl (C=O) groups excluding carboxylic acids is 1. The van der Waals surface area contributed by atoms with E-state index in [2.05, 4.69) is 28.5 Å². The van der Waals surface area contributed by atoms with Crippen molar-refractivity contribution in [2.24, 2.45) is 0 Å². The number of amides is 1. The van der Waals surface area contributed by atoms with Crippen molar-refractivity contribution >= 4 is 5.91 Å². The van der Waals surface area contributed by atoms with Crippen molar-refractivity contribution in [2.75, 3.05) is 32.7 Å². The molecule has 0 aromatic heterocycles. The van der Waals surface area contributed by atoms with Crippen LogP contribution in [-0.4, -0.2) is 55.7 Å². The molecule has 2 heterocycles. The lowest BCUT2D eigenvalue weighted by molar-refractivity contribution is -0.123. The maximum atomic E-state index is 12.1. The molecule has 0 saturated carbocycles. The molecule has 21 heavy (non-hydrogen) atoms. The summed E-state index contributed by atoms with van der Waals surface area (Å²) in [7, 11) is 0. The van der Waals surface area contributed by atoms with E-state index in [4.69, 9.17) is 4.74 Å². The molecule has 1 fully saturated rings. The number of para-hydroxylation sites is 1. The largest absolute Gasteiger partial charge is 0.488 e. The minimum absolute atomic E-state index is 0.0618. The summed E-state index contributed by atoms with van der Waals surface area (Å²) in [5.74, 6) is 1.04. The number of ether oxygens (including phenoxy) is 1. The number of nitrogens with zero attached hydrogens (tertiary/aromatic N) is 1. The number of rotatable bonds is 4. The fourth-order valence-corrected chi connectivity index (χ4v) is 2.95. The highest BCUT2D eigenvalue weighted by Gasteiger charge is 2.24. The monoisotopic (exact) mass is 289 g/mol. The molecule has 0 bridgehead atoms. The fraction of sp³-hybridized carbons (Fsp3) is 0.562. The minimum Gasteiger partial charge on any atom is -0.488 e. The zero-order valence-electron chi connectivity index (χ0n) is 12.5. The third-order valence-corrected chi connectivity index (χ3v) is 4.23. The second-order valence-electron chi connectivity index (χ2n) is 5.88. The van der Waals surface area contributed by atoms with Crippen LogP contribution in [0.15, 0.2) is 24.3 Å². The lowest BCUT2D eigenvalue weighted by Crippen LogP contribution is -2.53. The van der Waals surface area contributed by atoms with Gasteiger partial charge in [0.2, 0.25) is 5.91 Å².